The molecule has 34 heavy (non-hydrogen) atoms. The van der Waals surface area contributed by atoms with E-state index in [1.165, 1.54) is 11.8 Å². The molecule has 2 aliphatic heterocycles. The zero-order chi connectivity index (χ0) is 23.7. The van der Waals surface area contributed by atoms with Crippen LogP contribution in [0.3, 0.4) is 0 Å². The number of hydrogen-bond donors (Lipinski definition) is 2. The van der Waals surface area contributed by atoms with Gasteiger partial charge in [-0.2, -0.15) is 0 Å². The van der Waals surface area contributed by atoms with Gasteiger partial charge >= 0.3 is 0 Å². The van der Waals surface area contributed by atoms with Crippen molar-refractivity contribution in [2.75, 3.05) is 17.7 Å². The standard InChI is InChI=1S/C26H29N3O4S/c1-26(2)14-18(12-13-33-26)29-24-22(25(31)28-29)23(34-16-21(30)27-24)19-10-6-7-11-20(19)32-15-17-8-4-3-5-9-17/h3-11,18,23H,12-16H2,1-2H3,(H,27,30)(H,28,31)/t18-,23-/m1/s1. The van der Waals surface area contributed by atoms with Gasteiger partial charge in [-0.25, -0.2) is 0 Å². The zero-order valence-electron chi connectivity index (χ0n) is 19.4. The van der Waals surface area contributed by atoms with Gasteiger partial charge in [-0.05, 0) is 38.3 Å². The van der Waals surface area contributed by atoms with Crippen molar-refractivity contribution in [3.63, 3.8) is 0 Å². The molecule has 0 radical (unpaired) electrons. The van der Waals surface area contributed by atoms with Crippen molar-refractivity contribution in [3.05, 3.63) is 81.6 Å². The van der Waals surface area contributed by atoms with Gasteiger partial charge in [-0.15, -0.1) is 11.8 Å². The molecular formula is C26H29N3O4S. The lowest BCUT2D eigenvalue weighted by Crippen LogP contribution is -2.36. The van der Waals surface area contributed by atoms with Crippen LogP contribution in [0, 0.1) is 0 Å². The van der Waals surface area contributed by atoms with E-state index in [1.54, 1.807) is 0 Å². The molecule has 8 heteroatoms. The summed E-state index contributed by atoms with van der Waals surface area (Å²) in [5.74, 6) is 1.41. The number of aromatic amines is 1. The molecule has 2 atom stereocenters. The maximum absolute atomic E-state index is 13.3. The number of fused-ring (bicyclic) bond motifs is 1. The minimum Gasteiger partial charge on any atom is -0.489 e. The number of carbonyl (C=O) groups excluding carboxylic acids is 1. The highest BCUT2D eigenvalue weighted by Crippen LogP contribution is 2.44. The van der Waals surface area contributed by atoms with Crippen LogP contribution in [-0.2, 0) is 16.1 Å². The Morgan fingerprint density at radius 3 is 2.68 bits per heavy atom. The molecule has 0 bridgehead atoms. The van der Waals surface area contributed by atoms with Crippen molar-refractivity contribution in [2.45, 2.75) is 50.2 Å². The largest absolute Gasteiger partial charge is 0.489 e. The highest BCUT2D eigenvalue weighted by atomic mass is 32.2. The second kappa shape index (κ2) is 9.35. The number of hydrogen-bond acceptors (Lipinski definition) is 5. The molecule has 0 aliphatic carbocycles. The number of anilines is 1. The first-order chi connectivity index (χ1) is 16.4. The van der Waals surface area contributed by atoms with E-state index in [9.17, 15) is 9.59 Å². The first kappa shape index (κ1) is 22.8. The molecule has 1 amide bonds. The number of ether oxygens (including phenoxy) is 2. The normalized spacial score (nSPS) is 21.9. The van der Waals surface area contributed by atoms with Crippen LogP contribution < -0.4 is 15.6 Å². The van der Waals surface area contributed by atoms with E-state index in [0.717, 1.165) is 24.0 Å². The van der Waals surface area contributed by atoms with Gasteiger partial charge in [-0.1, -0.05) is 48.5 Å². The number of H-pyrrole nitrogens is 1. The van der Waals surface area contributed by atoms with E-state index in [4.69, 9.17) is 9.47 Å². The van der Waals surface area contributed by atoms with E-state index in [2.05, 4.69) is 24.3 Å². The molecule has 3 heterocycles. The van der Waals surface area contributed by atoms with E-state index >= 15 is 0 Å². The van der Waals surface area contributed by atoms with Crippen molar-refractivity contribution in [3.8, 4) is 5.75 Å². The Hall–Kier alpha value is -2.97. The number of thioether (sulfide) groups is 1. The Morgan fingerprint density at radius 1 is 1.12 bits per heavy atom. The van der Waals surface area contributed by atoms with Crippen LogP contribution in [0.2, 0.25) is 0 Å². The number of para-hydroxylation sites is 1. The summed E-state index contributed by atoms with van der Waals surface area (Å²) in [5, 5.41) is 5.69. The molecule has 0 spiro atoms. The number of amides is 1. The van der Waals surface area contributed by atoms with Gasteiger partial charge in [-0.3, -0.25) is 19.4 Å². The topological polar surface area (TPSA) is 85.4 Å². The smallest absolute Gasteiger partial charge is 0.270 e. The van der Waals surface area contributed by atoms with E-state index in [1.807, 2.05) is 59.3 Å². The Kier molecular flexibility index (Phi) is 6.27. The van der Waals surface area contributed by atoms with Crippen LogP contribution in [0.5, 0.6) is 5.75 Å². The molecule has 1 fully saturated rings. The summed E-state index contributed by atoms with van der Waals surface area (Å²) in [6, 6.07) is 17.8. The third-order valence-electron chi connectivity index (χ3n) is 6.34. The number of carbonyl (C=O) groups is 1. The summed E-state index contributed by atoms with van der Waals surface area (Å²) in [4.78, 5) is 26.0. The van der Waals surface area contributed by atoms with Gasteiger partial charge in [0.1, 0.15) is 18.2 Å². The maximum Gasteiger partial charge on any atom is 0.270 e. The number of nitrogens with one attached hydrogen (secondary N) is 2. The third-order valence-corrected chi connectivity index (χ3v) is 7.59. The van der Waals surface area contributed by atoms with Crippen molar-refractivity contribution >= 4 is 23.5 Å². The molecular weight excluding hydrogens is 450 g/mol. The number of benzene rings is 2. The molecule has 1 saturated heterocycles. The summed E-state index contributed by atoms with van der Waals surface area (Å²) in [6.45, 7) is 5.14. The van der Waals surface area contributed by atoms with Gasteiger partial charge in [0.25, 0.3) is 5.56 Å². The zero-order valence-corrected chi connectivity index (χ0v) is 20.2. The fraction of sp³-hybridized carbons (Fsp3) is 0.385. The third kappa shape index (κ3) is 4.65. The van der Waals surface area contributed by atoms with Gasteiger partial charge in [0.05, 0.1) is 28.2 Å². The number of nitrogens with zero attached hydrogens (tertiary/aromatic N) is 1. The van der Waals surface area contributed by atoms with E-state index < -0.39 is 0 Å². The second-order valence-electron chi connectivity index (χ2n) is 9.38. The SMILES string of the molecule is CC1(C)C[C@H](n2[nH]c(=O)c3c2NC(=O)CS[C@@H]3c2ccccc2OCc2ccccc2)CCO1. The summed E-state index contributed by atoms with van der Waals surface area (Å²) in [6.07, 6.45) is 1.51. The molecule has 7 nitrogen and oxygen atoms in total. The summed E-state index contributed by atoms with van der Waals surface area (Å²) in [5.41, 5.74) is 2.04. The highest BCUT2D eigenvalue weighted by Gasteiger charge is 2.36. The average Bonchev–Trinajstić information content (AvgIpc) is 3.03. The molecule has 5 rings (SSSR count). The summed E-state index contributed by atoms with van der Waals surface area (Å²) >= 11 is 1.45. The minimum atomic E-state index is -0.334. The molecule has 0 saturated carbocycles. The quantitative estimate of drug-likeness (QED) is 0.556. The van der Waals surface area contributed by atoms with E-state index in [0.29, 0.717) is 30.3 Å². The average molecular weight is 480 g/mol. The Morgan fingerprint density at radius 2 is 1.88 bits per heavy atom. The minimum absolute atomic E-state index is 0.0359. The first-order valence-electron chi connectivity index (χ1n) is 11.6. The molecule has 1 aromatic heterocycles. The lowest BCUT2D eigenvalue weighted by Gasteiger charge is -2.36. The lowest BCUT2D eigenvalue weighted by molar-refractivity contribution is -0.113. The monoisotopic (exact) mass is 479 g/mol. The van der Waals surface area contributed by atoms with E-state index in [-0.39, 0.29) is 34.1 Å². The predicted molar refractivity (Wildman–Crippen MR) is 134 cm³/mol. The predicted octanol–water partition coefficient (Wildman–Crippen LogP) is 4.66. The molecule has 2 aliphatic rings. The fourth-order valence-corrected chi connectivity index (χ4v) is 5.90. The fourth-order valence-electron chi connectivity index (χ4n) is 4.75. The maximum atomic E-state index is 13.3. The molecule has 0 unspecified atom stereocenters. The van der Waals surface area contributed by atoms with Crippen molar-refractivity contribution in [1.29, 1.82) is 0 Å². The molecule has 3 aromatic rings. The first-order valence-corrected chi connectivity index (χ1v) is 12.6. The van der Waals surface area contributed by atoms with Gasteiger partial charge in [0.15, 0.2) is 0 Å². The van der Waals surface area contributed by atoms with Crippen LogP contribution in [0.1, 0.15) is 54.7 Å². The number of aromatic nitrogens is 2. The summed E-state index contributed by atoms with van der Waals surface area (Å²) < 4.78 is 13.9. The lowest BCUT2D eigenvalue weighted by atomic mass is 9.94. The Balaban J connectivity index is 1.52. The van der Waals surface area contributed by atoms with Crippen molar-refractivity contribution in [1.82, 2.24) is 9.78 Å². The van der Waals surface area contributed by atoms with Gasteiger partial charge in [0.2, 0.25) is 5.91 Å². The molecule has 178 valence electrons. The Labute approximate surface area is 202 Å². The summed E-state index contributed by atoms with van der Waals surface area (Å²) in [7, 11) is 0. The van der Waals surface area contributed by atoms with Gasteiger partial charge in [0, 0.05) is 12.2 Å². The van der Waals surface area contributed by atoms with Gasteiger partial charge < -0.3 is 14.8 Å². The van der Waals surface area contributed by atoms with Crippen LogP contribution in [0.4, 0.5) is 5.82 Å². The van der Waals surface area contributed by atoms with Crippen molar-refractivity contribution < 1.29 is 14.3 Å². The van der Waals surface area contributed by atoms with Crippen LogP contribution >= 0.6 is 11.8 Å². The number of rotatable bonds is 5. The van der Waals surface area contributed by atoms with Crippen LogP contribution in [0.15, 0.2) is 59.4 Å². The second-order valence-corrected chi connectivity index (χ2v) is 10.5. The van der Waals surface area contributed by atoms with Crippen LogP contribution in [-0.4, -0.2) is 33.6 Å². The molecule has 2 N–H and O–H groups in total. The highest BCUT2D eigenvalue weighted by molar-refractivity contribution is 8.00. The molecule has 2 aromatic carbocycles. The van der Waals surface area contributed by atoms with Crippen molar-refractivity contribution in [2.24, 2.45) is 0 Å². The van der Waals surface area contributed by atoms with Crippen LogP contribution in [0.25, 0.3) is 0 Å². The Bertz CT molecular complexity index is 1230.